The Morgan fingerprint density at radius 2 is 1.69 bits per heavy atom. The summed E-state index contributed by atoms with van der Waals surface area (Å²) in [7, 11) is -1.56. The van der Waals surface area contributed by atoms with Crippen molar-refractivity contribution >= 4 is 21.6 Å². The fourth-order valence-corrected chi connectivity index (χ4v) is 3.42. The molecule has 0 spiro atoms. The summed E-state index contributed by atoms with van der Waals surface area (Å²) in [5.41, 5.74) is -0.0635. The molecule has 0 amide bonds. The Bertz CT molecular complexity index is 308. The summed E-state index contributed by atoms with van der Waals surface area (Å²) in [5, 5.41) is 0. The van der Waals surface area contributed by atoms with E-state index in [0.717, 1.165) is 0 Å². The zero-order valence-corrected chi connectivity index (χ0v) is 12.7. The molecule has 0 rings (SSSR count). The number of sulfonamides is 1. The Hall–Kier alpha value is 0.200. The van der Waals surface area contributed by atoms with Gasteiger partial charge >= 0.3 is 0 Å². The summed E-state index contributed by atoms with van der Waals surface area (Å²) in [4.78, 5) is 0. The molecule has 0 N–H and O–H groups in total. The van der Waals surface area contributed by atoms with E-state index < -0.39 is 10.0 Å². The van der Waals surface area contributed by atoms with Crippen molar-refractivity contribution in [3.63, 3.8) is 0 Å². The summed E-state index contributed by atoms with van der Waals surface area (Å²) in [6, 6.07) is -0.0278. The minimum absolute atomic E-state index is 0.0127. The van der Waals surface area contributed by atoms with Gasteiger partial charge in [0.15, 0.2) is 0 Å². The van der Waals surface area contributed by atoms with Crippen molar-refractivity contribution in [1.29, 1.82) is 0 Å². The largest absolute Gasteiger partial charge is 0.214 e. The molecule has 16 heavy (non-hydrogen) atoms. The van der Waals surface area contributed by atoms with Crippen molar-refractivity contribution in [2.75, 3.05) is 18.7 Å². The van der Waals surface area contributed by atoms with Crippen LogP contribution < -0.4 is 0 Å². The van der Waals surface area contributed by atoms with Gasteiger partial charge in [0.25, 0.3) is 0 Å². The topological polar surface area (TPSA) is 37.4 Å². The van der Waals surface area contributed by atoms with E-state index in [1.54, 1.807) is 7.05 Å². The average molecular weight is 270 g/mol. The molecular weight excluding hydrogens is 246 g/mol. The van der Waals surface area contributed by atoms with Crippen LogP contribution in [0.2, 0.25) is 0 Å². The fraction of sp³-hybridized carbons (Fsp3) is 1.00. The summed E-state index contributed by atoms with van der Waals surface area (Å²) in [6.45, 7) is 9.89. The Balaban J connectivity index is 4.78. The van der Waals surface area contributed by atoms with Crippen molar-refractivity contribution < 1.29 is 8.42 Å². The van der Waals surface area contributed by atoms with Gasteiger partial charge in [-0.05, 0) is 18.3 Å². The third-order valence-electron chi connectivity index (χ3n) is 3.00. The van der Waals surface area contributed by atoms with Crippen LogP contribution in [-0.2, 0) is 10.0 Å². The van der Waals surface area contributed by atoms with Gasteiger partial charge in [-0.15, -0.1) is 11.6 Å². The van der Waals surface area contributed by atoms with Crippen molar-refractivity contribution in [1.82, 2.24) is 4.31 Å². The van der Waals surface area contributed by atoms with Gasteiger partial charge in [0, 0.05) is 19.0 Å². The van der Waals surface area contributed by atoms with Gasteiger partial charge in [0.2, 0.25) is 10.0 Å². The zero-order valence-electron chi connectivity index (χ0n) is 11.1. The van der Waals surface area contributed by atoms with Gasteiger partial charge in [0.05, 0.1) is 5.75 Å². The number of alkyl halides is 1. The van der Waals surface area contributed by atoms with Crippen LogP contribution in [0.5, 0.6) is 0 Å². The van der Waals surface area contributed by atoms with Crippen LogP contribution in [0.3, 0.4) is 0 Å². The third kappa shape index (κ3) is 4.60. The fourth-order valence-electron chi connectivity index (χ4n) is 1.31. The first-order valence-corrected chi connectivity index (χ1v) is 7.68. The molecule has 0 heterocycles. The summed E-state index contributed by atoms with van der Waals surface area (Å²) in [6.07, 6.45) is 0. The Kier molecular flexibility index (Phi) is 5.77. The van der Waals surface area contributed by atoms with Crippen LogP contribution >= 0.6 is 11.6 Å². The molecule has 2 unspecified atom stereocenters. The zero-order chi connectivity index (χ0) is 13.1. The first-order valence-electron chi connectivity index (χ1n) is 5.54. The number of halogens is 1. The first kappa shape index (κ1) is 16.2. The molecular formula is C11H24ClNO2S. The highest BCUT2D eigenvalue weighted by Gasteiger charge is 2.31. The maximum absolute atomic E-state index is 12.1. The Morgan fingerprint density at radius 1 is 1.25 bits per heavy atom. The smallest absolute Gasteiger partial charge is 0.212 e. The van der Waals surface area contributed by atoms with Crippen LogP contribution in [0.25, 0.3) is 0 Å². The van der Waals surface area contributed by atoms with E-state index in [0.29, 0.717) is 5.88 Å². The van der Waals surface area contributed by atoms with Gasteiger partial charge in [-0.2, -0.15) is 0 Å². The highest BCUT2D eigenvalue weighted by atomic mass is 35.5. The molecule has 0 aliphatic carbocycles. The number of rotatable bonds is 5. The lowest BCUT2D eigenvalue weighted by molar-refractivity contribution is 0.216. The highest BCUT2D eigenvalue weighted by molar-refractivity contribution is 7.89. The molecule has 0 aromatic heterocycles. The molecule has 0 fully saturated rings. The first-order chi connectivity index (χ1) is 7.02. The Labute approximate surface area is 105 Å². The lowest BCUT2D eigenvalue weighted by Gasteiger charge is -2.35. The molecule has 3 nitrogen and oxygen atoms in total. The molecule has 0 aliphatic rings. The predicted molar refractivity (Wildman–Crippen MR) is 70.4 cm³/mol. The molecule has 0 saturated heterocycles. The van der Waals surface area contributed by atoms with Gasteiger partial charge in [0.1, 0.15) is 0 Å². The van der Waals surface area contributed by atoms with Gasteiger partial charge < -0.3 is 0 Å². The summed E-state index contributed by atoms with van der Waals surface area (Å²) in [5.74, 6) is 0.478. The molecule has 0 aromatic carbocycles. The quantitative estimate of drug-likeness (QED) is 0.720. The highest BCUT2D eigenvalue weighted by Crippen LogP contribution is 2.25. The van der Waals surface area contributed by atoms with Crippen molar-refractivity contribution in [2.24, 2.45) is 11.3 Å². The molecule has 0 aromatic rings. The third-order valence-corrected chi connectivity index (χ3v) is 5.71. The number of hydrogen-bond donors (Lipinski definition) is 0. The van der Waals surface area contributed by atoms with E-state index in [2.05, 4.69) is 0 Å². The maximum atomic E-state index is 12.1. The van der Waals surface area contributed by atoms with E-state index in [9.17, 15) is 8.42 Å². The second-order valence-corrected chi connectivity index (χ2v) is 7.98. The average Bonchev–Trinajstić information content (AvgIpc) is 2.13. The van der Waals surface area contributed by atoms with Gasteiger partial charge in [-0.25, -0.2) is 12.7 Å². The molecule has 0 radical (unpaired) electrons. The number of nitrogens with zero attached hydrogens (tertiary/aromatic N) is 1. The molecule has 0 bridgehead atoms. The molecule has 0 aliphatic heterocycles. The van der Waals surface area contributed by atoms with E-state index in [1.807, 2.05) is 34.6 Å². The minimum Gasteiger partial charge on any atom is -0.212 e. The summed E-state index contributed by atoms with van der Waals surface area (Å²) < 4.78 is 25.6. The summed E-state index contributed by atoms with van der Waals surface area (Å²) >= 11 is 5.65. The minimum atomic E-state index is -3.21. The molecule has 2 atom stereocenters. The van der Waals surface area contributed by atoms with Crippen LogP contribution in [0.4, 0.5) is 0 Å². The molecule has 0 saturated carbocycles. The van der Waals surface area contributed by atoms with E-state index in [-0.39, 0.29) is 23.1 Å². The van der Waals surface area contributed by atoms with Crippen molar-refractivity contribution in [3.05, 3.63) is 0 Å². The van der Waals surface area contributed by atoms with Gasteiger partial charge in [-0.3, -0.25) is 0 Å². The lowest BCUT2D eigenvalue weighted by atomic mass is 9.88. The van der Waals surface area contributed by atoms with Crippen LogP contribution in [0, 0.1) is 11.3 Å². The normalized spacial score (nSPS) is 17.5. The van der Waals surface area contributed by atoms with E-state index in [4.69, 9.17) is 11.6 Å². The predicted octanol–water partition coefficient (Wildman–Crippen LogP) is 2.56. The maximum Gasteiger partial charge on any atom is 0.214 e. The van der Waals surface area contributed by atoms with Crippen molar-refractivity contribution in [2.45, 2.75) is 40.7 Å². The lowest BCUT2D eigenvalue weighted by Crippen LogP contribution is -2.44. The van der Waals surface area contributed by atoms with Crippen molar-refractivity contribution in [3.8, 4) is 0 Å². The second kappa shape index (κ2) is 5.69. The van der Waals surface area contributed by atoms with Gasteiger partial charge in [-0.1, -0.05) is 27.7 Å². The second-order valence-electron chi connectivity index (χ2n) is 5.60. The SMILES string of the molecule is CC(CCl)CS(=O)(=O)N(C)C(C)C(C)(C)C. The molecule has 5 heteroatoms. The monoisotopic (exact) mass is 269 g/mol. The van der Waals surface area contributed by atoms with Crippen LogP contribution in [0.1, 0.15) is 34.6 Å². The van der Waals surface area contributed by atoms with Crippen LogP contribution in [0.15, 0.2) is 0 Å². The van der Waals surface area contributed by atoms with E-state index in [1.165, 1.54) is 4.31 Å². The van der Waals surface area contributed by atoms with Crippen LogP contribution in [-0.4, -0.2) is 37.4 Å². The van der Waals surface area contributed by atoms with E-state index >= 15 is 0 Å². The number of hydrogen-bond acceptors (Lipinski definition) is 2. The Morgan fingerprint density at radius 3 is 2.00 bits per heavy atom. The molecule has 98 valence electrons. The standard InChI is InChI=1S/C11H24ClNO2S/c1-9(7-12)8-16(14,15)13(6)10(2)11(3,4)5/h9-10H,7-8H2,1-6H3.